The Kier molecular flexibility index (Phi) is 5.38. The first-order valence-corrected chi connectivity index (χ1v) is 10.8. The molecule has 2 heterocycles. The van der Waals surface area contributed by atoms with Gasteiger partial charge in [0.15, 0.2) is 5.82 Å². The van der Waals surface area contributed by atoms with Gasteiger partial charge >= 0.3 is 0 Å². The van der Waals surface area contributed by atoms with Crippen LogP contribution in [-0.4, -0.2) is 15.0 Å². The molecule has 2 aromatic heterocycles. The summed E-state index contributed by atoms with van der Waals surface area (Å²) < 4.78 is 1.01. The number of benzene rings is 3. The van der Waals surface area contributed by atoms with E-state index in [1.165, 1.54) is 11.1 Å². The molecule has 0 radical (unpaired) electrons. The monoisotopic (exact) mass is 463 g/mol. The minimum absolute atomic E-state index is 0.660. The Bertz CT molecular complexity index is 1320. The van der Waals surface area contributed by atoms with Crippen molar-refractivity contribution in [3.05, 3.63) is 114 Å². The van der Waals surface area contributed by atoms with Gasteiger partial charge in [-0.25, -0.2) is 9.97 Å². The van der Waals surface area contributed by atoms with Crippen molar-refractivity contribution in [3.63, 3.8) is 0 Å². The molecule has 0 atom stereocenters. The highest BCUT2D eigenvalue weighted by Crippen LogP contribution is 2.30. The second-order valence-corrected chi connectivity index (χ2v) is 8.07. The van der Waals surface area contributed by atoms with E-state index in [1.54, 1.807) is 12.4 Å². The number of pyridine rings is 1. The summed E-state index contributed by atoms with van der Waals surface area (Å²) in [6.45, 7) is 0. The third-order valence-corrected chi connectivity index (χ3v) is 5.55. The largest absolute Gasteiger partial charge is 0.264 e. The van der Waals surface area contributed by atoms with Gasteiger partial charge in [0, 0.05) is 33.6 Å². The van der Waals surface area contributed by atoms with Crippen molar-refractivity contribution in [2.24, 2.45) is 0 Å². The third kappa shape index (κ3) is 4.30. The second-order valence-electron chi connectivity index (χ2n) is 7.16. The Morgan fingerprint density at radius 3 is 1.87 bits per heavy atom. The topological polar surface area (TPSA) is 38.7 Å². The average Bonchev–Trinajstić information content (AvgIpc) is 2.85. The van der Waals surface area contributed by atoms with Crippen LogP contribution in [0.25, 0.3) is 45.0 Å². The average molecular weight is 464 g/mol. The van der Waals surface area contributed by atoms with Crippen molar-refractivity contribution in [1.29, 1.82) is 0 Å². The Hall–Kier alpha value is -3.63. The van der Waals surface area contributed by atoms with Gasteiger partial charge in [-0.1, -0.05) is 82.7 Å². The first kappa shape index (κ1) is 19.3. The van der Waals surface area contributed by atoms with E-state index < -0.39 is 0 Å². The molecule has 0 unspecified atom stereocenters. The highest BCUT2D eigenvalue weighted by Gasteiger charge is 2.11. The van der Waals surface area contributed by atoms with Gasteiger partial charge < -0.3 is 0 Å². The van der Waals surface area contributed by atoms with E-state index >= 15 is 0 Å². The maximum Gasteiger partial charge on any atom is 0.161 e. The highest BCUT2D eigenvalue weighted by molar-refractivity contribution is 9.10. The van der Waals surface area contributed by atoms with Gasteiger partial charge in [-0.15, -0.1) is 0 Å². The molecule has 5 aromatic rings. The number of hydrogen-bond donors (Lipinski definition) is 0. The number of rotatable bonds is 4. The number of aromatic nitrogens is 3. The SMILES string of the molecule is Brc1cccc(-c2cc(-c3ccc(-c4ccccc4)cc3)nc(-c3cccnc3)n2)c1. The van der Waals surface area contributed by atoms with Crippen molar-refractivity contribution >= 4 is 15.9 Å². The number of hydrogen-bond acceptors (Lipinski definition) is 3. The standard InChI is InChI=1S/C27H18BrN3/c28-24-10-4-8-22(16-24)26-17-25(30-27(31-26)23-9-5-15-29-18-23)21-13-11-20(12-14-21)19-6-2-1-3-7-19/h1-18H. The Morgan fingerprint density at radius 2 is 1.16 bits per heavy atom. The van der Waals surface area contributed by atoms with Crippen LogP contribution in [-0.2, 0) is 0 Å². The fourth-order valence-corrected chi connectivity index (χ4v) is 3.88. The van der Waals surface area contributed by atoms with E-state index in [9.17, 15) is 0 Å². The summed E-state index contributed by atoms with van der Waals surface area (Å²) in [7, 11) is 0. The molecule has 0 aliphatic carbocycles. The minimum atomic E-state index is 0.660. The van der Waals surface area contributed by atoms with Crippen molar-refractivity contribution < 1.29 is 0 Å². The lowest BCUT2D eigenvalue weighted by atomic mass is 10.0. The molecule has 0 bridgehead atoms. The van der Waals surface area contributed by atoms with Crippen LogP contribution >= 0.6 is 15.9 Å². The molecule has 0 saturated carbocycles. The van der Waals surface area contributed by atoms with E-state index in [1.807, 2.05) is 36.4 Å². The first-order valence-electron chi connectivity index (χ1n) is 9.97. The normalized spacial score (nSPS) is 10.7. The van der Waals surface area contributed by atoms with Crippen molar-refractivity contribution in [2.75, 3.05) is 0 Å². The highest BCUT2D eigenvalue weighted by atomic mass is 79.9. The summed E-state index contributed by atoms with van der Waals surface area (Å²) >= 11 is 3.56. The van der Waals surface area contributed by atoms with Gasteiger partial charge in [0.05, 0.1) is 11.4 Å². The summed E-state index contributed by atoms with van der Waals surface area (Å²) in [6.07, 6.45) is 3.55. The van der Waals surface area contributed by atoms with Gasteiger partial charge in [-0.2, -0.15) is 0 Å². The van der Waals surface area contributed by atoms with Crippen molar-refractivity contribution in [1.82, 2.24) is 15.0 Å². The predicted molar refractivity (Wildman–Crippen MR) is 129 cm³/mol. The van der Waals surface area contributed by atoms with Crippen molar-refractivity contribution in [3.8, 4) is 45.0 Å². The summed E-state index contributed by atoms with van der Waals surface area (Å²) in [5.41, 5.74) is 7.09. The molecule has 31 heavy (non-hydrogen) atoms. The molecule has 0 aliphatic heterocycles. The maximum atomic E-state index is 4.86. The second kappa shape index (κ2) is 8.62. The summed E-state index contributed by atoms with van der Waals surface area (Å²) in [5.74, 6) is 0.660. The quantitative estimate of drug-likeness (QED) is 0.280. The Balaban J connectivity index is 1.61. The van der Waals surface area contributed by atoms with Crippen LogP contribution in [0.3, 0.4) is 0 Å². The zero-order valence-electron chi connectivity index (χ0n) is 16.6. The fraction of sp³-hybridized carbons (Fsp3) is 0. The van der Waals surface area contributed by atoms with Crippen LogP contribution < -0.4 is 0 Å². The zero-order valence-corrected chi connectivity index (χ0v) is 18.2. The van der Waals surface area contributed by atoms with E-state index in [2.05, 4.69) is 81.6 Å². The molecule has 4 heteroatoms. The zero-order chi connectivity index (χ0) is 21.0. The Labute approximate surface area is 189 Å². The molecule has 148 valence electrons. The first-order chi connectivity index (χ1) is 15.3. The minimum Gasteiger partial charge on any atom is -0.264 e. The summed E-state index contributed by atoms with van der Waals surface area (Å²) in [4.78, 5) is 13.9. The lowest BCUT2D eigenvalue weighted by Crippen LogP contribution is -1.96. The van der Waals surface area contributed by atoms with Crippen LogP contribution in [0.4, 0.5) is 0 Å². The van der Waals surface area contributed by atoms with E-state index in [4.69, 9.17) is 9.97 Å². The smallest absolute Gasteiger partial charge is 0.161 e. The molecule has 0 aliphatic rings. The van der Waals surface area contributed by atoms with Gasteiger partial charge in [-0.05, 0) is 41.5 Å². The molecule has 3 aromatic carbocycles. The molecule has 0 saturated heterocycles. The molecular formula is C27H18BrN3. The van der Waals surface area contributed by atoms with Crippen LogP contribution in [0.15, 0.2) is 114 Å². The van der Waals surface area contributed by atoms with E-state index in [0.717, 1.165) is 32.6 Å². The third-order valence-electron chi connectivity index (χ3n) is 5.05. The summed E-state index contributed by atoms with van der Waals surface area (Å²) in [6, 6.07) is 32.9. The van der Waals surface area contributed by atoms with Gasteiger partial charge in [0.1, 0.15) is 0 Å². The predicted octanol–water partition coefficient (Wildman–Crippen LogP) is 7.30. The molecular weight excluding hydrogens is 446 g/mol. The molecule has 0 spiro atoms. The Morgan fingerprint density at radius 1 is 0.516 bits per heavy atom. The molecule has 5 rings (SSSR count). The molecule has 0 amide bonds. The lowest BCUT2D eigenvalue weighted by Gasteiger charge is -2.10. The van der Waals surface area contributed by atoms with E-state index in [0.29, 0.717) is 5.82 Å². The van der Waals surface area contributed by atoms with Gasteiger partial charge in [-0.3, -0.25) is 4.98 Å². The summed E-state index contributed by atoms with van der Waals surface area (Å²) in [5, 5.41) is 0. The van der Waals surface area contributed by atoms with E-state index in [-0.39, 0.29) is 0 Å². The number of nitrogens with zero attached hydrogens (tertiary/aromatic N) is 3. The van der Waals surface area contributed by atoms with Gasteiger partial charge in [0.25, 0.3) is 0 Å². The van der Waals surface area contributed by atoms with Crippen LogP contribution in [0.1, 0.15) is 0 Å². The van der Waals surface area contributed by atoms with Crippen LogP contribution in [0.2, 0.25) is 0 Å². The maximum absolute atomic E-state index is 4.86. The van der Waals surface area contributed by atoms with Gasteiger partial charge in [0.2, 0.25) is 0 Å². The molecule has 3 nitrogen and oxygen atoms in total. The lowest BCUT2D eigenvalue weighted by molar-refractivity contribution is 1.17. The fourth-order valence-electron chi connectivity index (χ4n) is 3.48. The number of halogens is 1. The van der Waals surface area contributed by atoms with Crippen LogP contribution in [0, 0.1) is 0 Å². The molecule has 0 fully saturated rings. The van der Waals surface area contributed by atoms with Crippen molar-refractivity contribution in [2.45, 2.75) is 0 Å². The molecule has 0 N–H and O–H groups in total. The van der Waals surface area contributed by atoms with Crippen LogP contribution in [0.5, 0.6) is 0 Å².